The number of nitrogens with two attached hydrogens (primary N) is 1. The summed E-state index contributed by atoms with van der Waals surface area (Å²) < 4.78 is 13.0. The van der Waals surface area contributed by atoms with Crippen LogP contribution in [0, 0.1) is 12.7 Å². The van der Waals surface area contributed by atoms with E-state index < -0.39 is 11.7 Å². The normalized spacial score (nSPS) is 10.4. The quantitative estimate of drug-likeness (QED) is 0.656. The molecule has 7 heteroatoms. The topological polar surface area (TPSA) is 68.0 Å². The van der Waals surface area contributed by atoms with E-state index in [4.69, 9.17) is 28.9 Å². The number of hydrogen-bond acceptors (Lipinski definition) is 3. The van der Waals surface area contributed by atoms with E-state index >= 15 is 0 Å². The van der Waals surface area contributed by atoms with Gasteiger partial charge >= 0.3 is 0 Å². The molecule has 0 saturated heterocycles. The first-order valence-electron chi connectivity index (χ1n) is 5.57. The largest absolute Gasteiger partial charge is 0.398 e. The minimum atomic E-state index is -0.513. The number of aryl methyl sites for hydroxylation is 1. The number of nitrogens with one attached hydrogen (secondary N) is 1. The van der Waals surface area contributed by atoms with E-state index in [1.165, 1.54) is 6.07 Å². The predicted molar refractivity (Wildman–Crippen MR) is 77.8 cm³/mol. The van der Waals surface area contributed by atoms with Gasteiger partial charge in [0.2, 0.25) is 0 Å². The summed E-state index contributed by atoms with van der Waals surface area (Å²) in [6.07, 6.45) is 0. The van der Waals surface area contributed by atoms with Crippen molar-refractivity contribution >= 4 is 40.5 Å². The monoisotopic (exact) mass is 313 g/mol. The van der Waals surface area contributed by atoms with Crippen LogP contribution in [0.15, 0.2) is 24.3 Å². The highest BCUT2D eigenvalue weighted by Crippen LogP contribution is 2.27. The SMILES string of the molecule is Cc1cc(Cl)nc(Cl)c1NC(=O)c1ccc(F)cc1N. The van der Waals surface area contributed by atoms with Gasteiger partial charge in [-0.15, -0.1) is 0 Å². The molecule has 2 rings (SSSR count). The number of nitrogen functional groups attached to an aromatic ring is 1. The summed E-state index contributed by atoms with van der Waals surface area (Å²) in [4.78, 5) is 15.9. The summed E-state index contributed by atoms with van der Waals surface area (Å²) in [5.41, 5.74) is 6.79. The van der Waals surface area contributed by atoms with Crippen LogP contribution >= 0.6 is 23.2 Å². The van der Waals surface area contributed by atoms with Gasteiger partial charge in [0.15, 0.2) is 5.15 Å². The molecule has 104 valence electrons. The zero-order chi connectivity index (χ0) is 14.9. The fourth-order valence-corrected chi connectivity index (χ4v) is 2.25. The first-order valence-corrected chi connectivity index (χ1v) is 6.33. The standard InChI is InChI=1S/C13H10Cl2FN3O/c1-6-4-10(14)18-12(15)11(6)19-13(20)8-3-2-7(16)5-9(8)17/h2-5H,17H2,1H3,(H,19,20). The second-order valence-electron chi connectivity index (χ2n) is 4.11. The first-order chi connectivity index (χ1) is 9.38. The summed E-state index contributed by atoms with van der Waals surface area (Å²) in [6, 6.07) is 5.09. The van der Waals surface area contributed by atoms with Crippen LogP contribution in [-0.4, -0.2) is 10.9 Å². The van der Waals surface area contributed by atoms with Gasteiger partial charge in [-0.25, -0.2) is 9.37 Å². The van der Waals surface area contributed by atoms with E-state index in [-0.39, 0.29) is 21.6 Å². The fourth-order valence-electron chi connectivity index (χ4n) is 1.67. The lowest BCUT2D eigenvalue weighted by Gasteiger charge is -2.11. The minimum Gasteiger partial charge on any atom is -0.398 e. The number of nitrogens with zero attached hydrogens (tertiary/aromatic N) is 1. The lowest BCUT2D eigenvalue weighted by atomic mass is 10.1. The zero-order valence-corrected chi connectivity index (χ0v) is 11.9. The highest BCUT2D eigenvalue weighted by atomic mass is 35.5. The van der Waals surface area contributed by atoms with Crippen LogP contribution in [0.25, 0.3) is 0 Å². The number of pyridine rings is 1. The van der Waals surface area contributed by atoms with Gasteiger partial charge in [0.25, 0.3) is 5.91 Å². The van der Waals surface area contributed by atoms with E-state index in [0.29, 0.717) is 11.3 Å². The Labute approximate surface area is 124 Å². The third-order valence-electron chi connectivity index (χ3n) is 2.64. The summed E-state index contributed by atoms with van der Waals surface area (Å²) in [5.74, 6) is -1.02. The lowest BCUT2D eigenvalue weighted by Crippen LogP contribution is -2.15. The van der Waals surface area contributed by atoms with Crippen molar-refractivity contribution in [3.63, 3.8) is 0 Å². The maximum Gasteiger partial charge on any atom is 0.257 e. The van der Waals surface area contributed by atoms with Crippen LogP contribution in [-0.2, 0) is 0 Å². The molecule has 20 heavy (non-hydrogen) atoms. The van der Waals surface area contributed by atoms with E-state index in [2.05, 4.69) is 10.3 Å². The Morgan fingerprint density at radius 2 is 2.05 bits per heavy atom. The Hall–Kier alpha value is -1.85. The maximum atomic E-state index is 13.0. The number of hydrogen-bond donors (Lipinski definition) is 2. The fraction of sp³-hybridized carbons (Fsp3) is 0.0769. The molecule has 1 aromatic carbocycles. The summed E-state index contributed by atoms with van der Waals surface area (Å²) in [7, 11) is 0. The minimum absolute atomic E-state index is 0.0400. The molecule has 0 bridgehead atoms. The molecule has 0 unspecified atom stereocenters. The maximum absolute atomic E-state index is 13.0. The van der Waals surface area contributed by atoms with Gasteiger partial charge in [-0.05, 0) is 36.8 Å². The third kappa shape index (κ3) is 3.00. The Morgan fingerprint density at radius 1 is 1.35 bits per heavy atom. The molecule has 0 aliphatic heterocycles. The molecule has 3 N–H and O–H groups in total. The molecular weight excluding hydrogens is 304 g/mol. The van der Waals surface area contributed by atoms with Gasteiger partial charge in [-0.3, -0.25) is 4.79 Å². The molecule has 0 aliphatic carbocycles. The lowest BCUT2D eigenvalue weighted by molar-refractivity contribution is 0.102. The van der Waals surface area contributed by atoms with Crippen LogP contribution in [0.3, 0.4) is 0 Å². The smallest absolute Gasteiger partial charge is 0.257 e. The van der Waals surface area contributed by atoms with Gasteiger partial charge < -0.3 is 11.1 Å². The Bertz CT molecular complexity index is 668. The molecule has 0 saturated carbocycles. The molecule has 0 radical (unpaired) electrons. The average molecular weight is 314 g/mol. The van der Waals surface area contributed by atoms with Gasteiger partial charge in [0, 0.05) is 5.69 Å². The van der Waals surface area contributed by atoms with Crippen molar-refractivity contribution < 1.29 is 9.18 Å². The molecule has 0 spiro atoms. The molecule has 2 aromatic rings. The summed E-state index contributed by atoms with van der Waals surface area (Å²) in [6.45, 7) is 1.73. The molecule has 0 fully saturated rings. The van der Waals surface area contributed by atoms with E-state index in [1.54, 1.807) is 13.0 Å². The number of amides is 1. The molecule has 0 aliphatic rings. The highest BCUT2D eigenvalue weighted by Gasteiger charge is 2.15. The van der Waals surface area contributed by atoms with Crippen LogP contribution in [0.5, 0.6) is 0 Å². The van der Waals surface area contributed by atoms with Crippen molar-refractivity contribution in [3.05, 3.63) is 51.5 Å². The Kier molecular flexibility index (Phi) is 4.11. The molecular formula is C13H10Cl2FN3O. The Morgan fingerprint density at radius 3 is 2.65 bits per heavy atom. The van der Waals surface area contributed by atoms with Gasteiger partial charge in [-0.2, -0.15) is 0 Å². The number of anilines is 2. The van der Waals surface area contributed by atoms with Crippen molar-refractivity contribution in [1.29, 1.82) is 0 Å². The summed E-state index contributed by atoms with van der Waals surface area (Å²) >= 11 is 11.7. The molecule has 0 atom stereocenters. The zero-order valence-electron chi connectivity index (χ0n) is 10.4. The van der Waals surface area contributed by atoms with Gasteiger partial charge in [-0.1, -0.05) is 23.2 Å². The number of rotatable bonds is 2. The van der Waals surface area contributed by atoms with Crippen molar-refractivity contribution in [3.8, 4) is 0 Å². The second kappa shape index (κ2) is 5.64. The van der Waals surface area contributed by atoms with E-state index in [9.17, 15) is 9.18 Å². The van der Waals surface area contributed by atoms with Crippen LogP contribution in [0.2, 0.25) is 10.3 Å². The van der Waals surface area contributed by atoms with E-state index in [1.807, 2.05) is 0 Å². The van der Waals surface area contributed by atoms with Crippen molar-refractivity contribution in [1.82, 2.24) is 4.98 Å². The molecule has 1 heterocycles. The number of carbonyl (C=O) groups is 1. The van der Waals surface area contributed by atoms with Gasteiger partial charge in [0.1, 0.15) is 11.0 Å². The van der Waals surface area contributed by atoms with Crippen LogP contribution in [0.1, 0.15) is 15.9 Å². The predicted octanol–water partition coefficient (Wildman–Crippen LogP) is 3.67. The van der Waals surface area contributed by atoms with Crippen molar-refractivity contribution in [2.45, 2.75) is 6.92 Å². The van der Waals surface area contributed by atoms with Crippen molar-refractivity contribution in [2.24, 2.45) is 0 Å². The summed E-state index contributed by atoms with van der Waals surface area (Å²) in [5, 5.41) is 2.89. The number of benzene rings is 1. The molecule has 4 nitrogen and oxygen atoms in total. The van der Waals surface area contributed by atoms with Gasteiger partial charge in [0.05, 0.1) is 11.3 Å². The average Bonchev–Trinajstić information content (AvgIpc) is 2.33. The molecule has 1 aromatic heterocycles. The Balaban J connectivity index is 2.33. The number of aromatic nitrogens is 1. The second-order valence-corrected chi connectivity index (χ2v) is 4.86. The van der Waals surface area contributed by atoms with Crippen molar-refractivity contribution in [2.75, 3.05) is 11.1 Å². The number of carbonyl (C=O) groups excluding carboxylic acids is 1. The highest BCUT2D eigenvalue weighted by molar-refractivity contribution is 6.35. The number of halogens is 3. The first kappa shape index (κ1) is 14.6. The molecule has 1 amide bonds. The van der Waals surface area contributed by atoms with E-state index in [0.717, 1.165) is 12.1 Å². The van der Waals surface area contributed by atoms with Crippen LogP contribution in [0.4, 0.5) is 15.8 Å². The third-order valence-corrected chi connectivity index (χ3v) is 3.11. The van der Waals surface area contributed by atoms with Crippen LogP contribution < -0.4 is 11.1 Å².